The van der Waals surface area contributed by atoms with Crippen LogP contribution in [-0.4, -0.2) is 28.0 Å². The van der Waals surface area contributed by atoms with Gasteiger partial charge in [0.2, 0.25) is 0 Å². The standard InChI is InChI=1S/C11H16O3/c1-7-3-4-9(10(13)5-7)8(2)11(14)6-12/h3-5,8,11-14H,6H2,1-2H3. The van der Waals surface area contributed by atoms with Gasteiger partial charge in [0.25, 0.3) is 0 Å². The second-order valence-electron chi connectivity index (χ2n) is 3.60. The zero-order chi connectivity index (χ0) is 10.7. The fourth-order valence-corrected chi connectivity index (χ4v) is 1.40. The van der Waals surface area contributed by atoms with Crippen molar-refractivity contribution in [1.82, 2.24) is 0 Å². The largest absolute Gasteiger partial charge is 0.508 e. The van der Waals surface area contributed by atoms with E-state index < -0.39 is 6.10 Å². The normalized spacial score (nSPS) is 15.1. The molecular formula is C11H16O3. The van der Waals surface area contributed by atoms with Crippen molar-refractivity contribution in [2.45, 2.75) is 25.9 Å². The number of hydrogen-bond donors (Lipinski definition) is 3. The quantitative estimate of drug-likeness (QED) is 0.679. The Hall–Kier alpha value is -1.06. The highest BCUT2D eigenvalue weighted by Gasteiger charge is 2.18. The van der Waals surface area contributed by atoms with Crippen LogP contribution in [0.25, 0.3) is 0 Å². The third kappa shape index (κ3) is 2.25. The average molecular weight is 196 g/mol. The molecule has 0 aliphatic heterocycles. The van der Waals surface area contributed by atoms with Gasteiger partial charge in [0.05, 0.1) is 12.7 Å². The summed E-state index contributed by atoms with van der Waals surface area (Å²) in [6.07, 6.45) is -0.830. The number of hydrogen-bond acceptors (Lipinski definition) is 3. The molecule has 0 bridgehead atoms. The highest BCUT2D eigenvalue weighted by atomic mass is 16.3. The molecule has 1 aromatic rings. The zero-order valence-electron chi connectivity index (χ0n) is 8.44. The lowest BCUT2D eigenvalue weighted by molar-refractivity contribution is 0.0766. The van der Waals surface area contributed by atoms with Crippen LogP contribution in [0, 0.1) is 6.92 Å². The number of aryl methyl sites for hydroxylation is 1. The van der Waals surface area contributed by atoms with Crippen LogP contribution in [0.4, 0.5) is 0 Å². The van der Waals surface area contributed by atoms with E-state index in [2.05, 4.69) is 0 Å². The van der Waals surface area contributed by atoms with Crippen molar-refractivity contribution in [3.8, 4) is 5.75 Å². The molecule has 1 rings (SSSR count). The first-order valence-corrected chi connectivity index (χ1v) is 4.64. The van der Waals surface area contributed by atoms with Crippen molar-refractivity contribution in [3.63, 3.8) is 0 Å². The molecule has 0 heterocycles. The maximum atomic E-state index is 9.61. The second kappa shape index (κ2) is 4.44. The minimum absolute atomic E-state index is 0.171. The van der Waals surface area contributed by atoms with Crippen molar-refractivity contribution in [2.24, 2.45) is 0 Å². The van der Waals surface area contributed by atoms with E-state index in [1.165, 1.54) is 0 Å². The molecule has 3 nitrogen and oxygen atoms in total. The summed E-state index contributed by atoms with van der Waals surface area (Å²) < 4.78 is 0. The molecule has 2 atom stereocenters. The highest BCUT2D eigenvalue weighted by Crippen LogP contribution is 2.28. The van der Waals surface area contributed by atoms with E-state index in [0.717, 1.165) is 5.56 Å². The predicted molar refractivity (Wildman–Crippen MR) is 54.4 cm³/mol. The van der Waals surface area contributed by atoms with Gasteiger partial charge in [-0.15, -0.1) is 0 Å². The Morgan fingerprint density at radius 1 is 1.36 bits per heavy atom. The molecule has 14 heavy (non-hydrogen) atoms. The topological polar surface area (TPSA) is 60.7 Å². The predicted octanol–water partition coefficient (Wildman–Crippen LogP) is 1.16. The molecule has 1 aromatic carbocycles. The van der Waals surface area contributed by atoms with Gasteiger partial charge in [0.15, 0.2) is 0 Å². The summed E-state index contributed by atoms with van der Waals surface area (Å²) in [6.45, 7) is 3.36. The maximum absolute atomic E-state index is 9.61. The fraction of sp³-hybridized carbons (Fsp3) is 0.455. The van der Waals surface area contributed by atoms with Crippen LogP contribution in [0.1, 0.15) is 24.0 Å². The van der Waals surface area contributed by atoms with Crippen molar-refractivity contribution < 1.29 is 15.3 Å². The number of aliphatic hydroxyl groups is 2. The molecule has 0 saturated heterocycles. The smallest absolute Gasteiger partial charge is 0.119 e. The summed E-state index contributed by atoms with van der Waals surface area (Å²) in [5, 5.41) is 27.8. The monoisotopic (exact) mass is 196 g/mol. The summed E-state index contributed by atoms with van der Waals surface area (Å²) in [7, 11) is 0. The lowest BCUT2D eigenvalue weighted by Crippen LogP contribution is -2.20. The number of benzene rings is 1. The Morgan fingerprint density at radius 2 is 2.00 bits per heavy atom. The third-order valence-corrected chi connectivity index (χ3v) is 2.44. The third-order valence-electron chi connectivity index (χ3n) is 2.44. The van der Waals surface area contributed by atoms with E-state index in [9.17, 15) is 10.2 Å². The minimum atomic E-state index is -0.830. The van der Waals surface area contributed by atoms with E-state index >= 15 is 0 Å². The Kier molecular flexibility index (Phi) is 3.49. The second-order valence-corrected chi connectivity index (χ2v) is 3.60. The molecule has 0 aromatic heterocycles. The van der Waals surface area contributed by atoms with Crippen LogP contribution in [0.15, 0.2) is 18.2 Å². The van der Waals surface area contributed by atoms with Crippen LogP contribution < -0.4 is 0 Å². The van der Waals surface area contributed by atoms with Crippen molar-refractivity contribution in [2.75, 3.05) is 6.61 Å². The molecule has 3 heteroatoms. The lowest BCUT2D eigenvalue weighted by Gasteiger charge is -2.18. The highest BCUT2D eigenvalue weighted by molar-refractivity contribution is 5.38. The molecule has 0 aliphatic carbocycles. The van der Waals surface area contributed by atoms with Gasteiger partial charge in [-0.25, -0.2) is 0 Å². The number of phenolic OH excluding ortho intramolecular Hbond substituents is 1. The Labute approximate surface area is 83.6 Å². The molecule has 0 amide bonds. The lowest BCUT2D eigenvalue weighted by atomic mass is 9.94. The van der Waals surface area contributed by atoms with Gasteiger partial charge in [-0.1, -0.05) is 19.1 Å². The Bertz CT molecular complexity index is 309. The van der Waals surface area contributed by atoms with Crippen molar-refractivity contribution >= 4 is 0 Å². The molecular weight excluding hydrogens is 180 g/mol. The van der Waals surface area contributed by atoms with Crippen molar-refractivity contribution in [1.29, 1.82) is 0 Å². The zero-order valence-corrected chi connectivity index (χ0v) is 8.44. The molecule has 0 aliphatic rings. The van der Waals surface area contributed by atoms with E-state index in [0.29, 0.717) is 5.56 Å². The molecule has 0 spiro atoms. The molecule has 78 valence electrons. The van der Waals surface area contributed by atoms with Gasteiger partial charge in [-0.05, 0) is 24.1 Å². The fourth-order valence-electron chi connectivity index (χ4n) is 1.40. The average Bonchev–Trinajstić information content (AvgIpc) is 2.15. The van der Waals surface area contributed by atoms with E-state index in [1.807, 2.05) is 13.0 Å². The maximum Gasteiger partial charge on any atom is 0.119 e. The Morgan fingerprint density at radius 3 is 2.50 bits per heavy atom. The summed E-state index contributed by atoms with van der Waals surface area (Å²) in [6, 6.07) is 5.29. The van der Waals surface area contributed by atoms with E-state index in [-0.39, 0.29) is 18.3 Å². The van der Waals surface area contributed by atoms with Crippen molar-refractivity contribution in [3.05, 3.63) is 29.3 Å². The molecule has 0 saturated carbocycles. The van der Waals surface area contributed by atoms with Crippen LogP contribution in [0.3, 0.4) is 0 Å². The van der Waals surface area contributed by atoms with Crippen LogP contribution >= 0.6 is 0 Å². The van der Waals surface area contributed by atoms with E-state index in [4.69, 9.17) is 5.11 Å². The van der Waals surface area contributed by atoms with Crippen LogP contribution in [-0.2, 0) is 0 Å². The van der Waals surface area contributed by atoms with Gasteiger partial charge in [0, 0.05) is 5.92 Å². The van der Waals surface area contributed by atoms with E-state index in [1.54, 1.807) is 19.1 Å². The van der Waals surface area contributed by atoms with Gasteiger partial charge in [-0.3, -0.25) is 0 Å². The van der Waals surface area contributed by atoms with Crippen LogP contribution in [0.2, 0.25) is 0 Å². The molecule has 0 fully saturated rings. The summed E-state index contributed by atoms with van der Waals surface area (Å²) in [5.74, 6) is -0.0920. The number of rotatable bonds is 3. The minimum Gasteiger partial charge on any atom is -0.508 e. The van der Waals surface area contributed by atoms with Gasteiger partial charge in [-0.2, -0.15) is 0 Å². The van der Waals surface area contributed by atoms with Crippen LogP contribution in [0.5, 0.6) is 5.75 Å². The first kappa shape index (κ1) is 11.0. The Balaban J connectivity index is 2.95. The number of aliphatic hydroxyl groups excluding tert-OH is 2. The summed E-state index contributed by atoms with van der Waals surface area (Å²) >= 11 is 0. The first-order valence-electron chi connectivity index (χ1n) is 4.64. The van der Waals surface area contributed by atoms with Gasteiger partial charge >= 0.3 is 0 Å². The molecule has 2 unspecified atom stereocenters. The SMILES string of the molecule is Cc1ccc(C(C)C(O)CO)c(O)c1. The summed E-state index contributed by atoms with van der Waals surface area (Å²) in [4.78, 5) is 0. The van der Waals surface area contributed by atoms with Gasteiger partial charge in [0.1, 0.15) is 5.75 Å². The number of phenols is 1. The first-order chi connectivity index (χ1) is 6.56. The van der Waals surface area contributed by atoms with Gasteiger partial charge < -0.3 is 15.3 Å². The molecule has 0 radical (unpaired) electrons. The molecule has 3 N–H and O–H groups in total. The number of aromatic hydroxyl groups is 1. The summed E-state index contributed by atoms with van der Waals surface area (Å²) in [5.41, 5.74) is 1.63.